The van der Waals surface area contributed by atoms with E-state index in [0.29, 0.717) is 42.9 Å². The molecule has 0 N–H and O–H groups in total. The minimum atomic E-state index is -4.41. The lowest BCUT2D eigenvalue weighted by Crippen LogP contribution is -2.39. The van der Waals surface area contributed by atoms with Gasteiger partial charge in [-0.15, -0.1) is 0 Å². The van der Waals surface area contributed by atoms with Crippen molar-refractivity contribution in [2.45, 2.75) is 37.8 Å². The number of piperidine rings is 1. The highest BCUT2D eigenvalue weighted by atomic mass is 19.4. The molecule has 3 aromatic rings. The van der Waals surface area contributed by atoms with E-state index in [4.69, 9.17) is 0 Å². The van der Waals surface area contributed by atoms with Gasteiger partial charge < -0.3 is 4.90 Å². The Kier molecular flexibility index (Phi) is 6.53. The van der Waals surface area contributed by atoms with Crippen molar-refractivity contribution in [3.8, 4) is 11.3 Å². The van der Waals surface area contributed by atoms with Gasteiger partial charge in [-0.3, -0.25) is 9.78 Å². The summed E-state index contributed by atoms with van der Waals surface area (Å²) in [7, 11) is 0. The van der Waals surface area contributed by atoms with Crippen LogP contribution in [-0.4, -0.2) is 33.9 Å². The van der Waals surface area contributed by atoms with Crippen LogP contribution in [0.3, 0.4) is 0 Å². The van der Waals surface area contributed by atoms with Gasteiger partial charge in [-0.25, -0.2) is 4.98 Å². The average Bonchev–Trinajstić information content (AvgIpc) is 2.83. The van der Waals surface area contributed by atoms with Gasteiger partial charge in [0.2, 0.25) is 5.91 Å². The summed E-state index contributed by atoms with van der Waals surface area (Å²) in [5, 5.41) is 0. The molecule has 1 saturated heterocycles. The fraction of sp³-hybridized carbons (Fsp3) is 0.320. The third kappa shape index (κ3) is 5.33. The second-order valence-electron chi connectivity index (χ2n) is 8.07. The minimum absolute atomic E-state index is 0.0164. The Bertz CT molecular complexity index is 1070. The summed E-state index contributed by atoms with van der Waals surface area (Å²) in [6, 6.07) is 15.0. The summed E-state index contributed by atoms with van der Waals surface area (Å²) in [6.07, 6.45) is 1.59. The standard InChI is InChI=1S/C25H24F3N3O/c26-25(27,28)21-10-4-8-19(14-21)22-15-29-16-23(30-22)20-9-5-13-31(17-20)24(32)12-11-18-6-2-1-3-7-18/h1-4,6-8,10,14-16,20H,5,9,11-13,17H2/t20-/m0/s1. The minimum Gasteiger partial charge on any atom is -0.342 e. The predicted molar refractivity (Wildman–Crippen MR) is 116 cm³/mol. The summed E-state index contributed by atoms with van der Waals surface area (Å²) in [4.78, 5) is 23.5. The summed E-state index contributed by atoms with van der Waals surface area (Å²) in [6.45, 7) is 1.26. The zero-order valence-corrected chi connectivity index (χ0v) is 17.6. The molecule has 0 radical (unpaired) electrons. The van der Waals surface area contributed by atoms with Crippen LogP contribution in [-0.2, 0) is 17.4 Å². The number of halogens is 3. The van der Waals surface area contributed by atoms with E-state index in [0.717, 1.165) is 30.5 Å². The lowest BCUT2D eigenvalue weighted by atomic mass is 9.94. The van der Waals surface area contributed by atoms with Crippen molar-refractivity contribution >= 4 is 5.91 Å². The van der Waals surface area contributed by atoms with Crippen LogP contribution >= 0.6 is 0 Å². The number of amides is 1. The average molecular weight is 439 g/mol. The molecule has 1 atom stereocenters. The molecular formula is C25H24F3N3O. The van der Waals surface area contributed by atoms with E-state index < -0.39 is 11.7 Å². The molecule has 2 aromatic carbocycles. The van der Waals surface area contributed by atoms with E-state index in [2.05, 4.69) is 9.97 Å². The van der Waals surface area contributed by atoms with Crippen LogP contribution in [0.2, 0.25) is 0 Å². The number of hydrogen-bond acceptors (Lipinski definition) is 3. The maximum Gasteiger partial charge on any atom is 0.416 e. The highest BCUT2D eigenvalue weighted by Crippen LogP contribution is 2.32. The maximum atomic E-state index is 13.1. The first-order valence-corrected chi connectivity index (χ1v) is 10.7. The number of benzene rings is 2. The molecule has 0 bridgehead atoms. The van der Waals surface area contributed by atoms with Crippen molar-refractivity contribution in [1.29, 1.82) is 0 Å². The van der Waals surface area contributed by atoms with Gasteiger partial charge in [0, 0.05) is 37.2 Å². The van der Waals surface area contributed by atoms with Crippen molar-refractivity contribution in [2.24, 2.45) is 0 Å². The van der Waals surface area contributed by atoms with Crippen molar-refractivity contribution in [3.05, 3.63) is 83.8 Å². The Balaban J connectivity index is 1.45. The number of likely N-dealkylation sites (tertiary alicyclic amines) is 1. The number of alkyl halides is 3. The van der Waals surface area contributed by atoms with Gasteiger partial charge in [0.25, 0.3) is 0 Å². The van der Waals surface area contributed by atoms with Crippen molar-refractivity contribution in [1.82, 2.24) is 14.9 Å². The van der Waals surface area contributed by atoms with Crippen LogP contribution < -0.4 is 0 Å². The molecule has 0 aliphatic carbocycles. The van der Waals surface area contributed by atoms with E-state index in [1.165, 1.54) is 12.3 Å². The summed E-state index contributed by atoms with van der Waals surface area (Å²) in [5.41, 5.74) is 1.91. The van der Waals surface area contributed by atoms with E-state index >= 15 is 0 Å². The molecule has 166 valence electrons. The maximum absolute atomic E-state index is 13.1. The van der Waals surface area contributed by atoms with Crippen LogP contribution in [0.25, 0.3) is 11.3 Å². The Morgan fingerprint density at radius 1 is 1.06 bits per heavy atom. The SMILES string of the molecule is O=C(CCc1ccccc1)N1CCC[C@H](c2cncc(-c3cccc(C(F)(F)F)c3)n2)C1. The number of carbonyl (C=O) groups excluding carboxylic acids is 1. The third-order valence-electron chi connectivity index (χ3n) is 5.80. The Morgan fingerprint density at radius 3 is 2.66 bits per heavy atom. The first kappa shape index (κ1) is 22.0. The number of rotatable bonds is 5. The van der Waals surface area contributed by atoms with E-state index in [-0.39, 0.29) is 11.8 Å². The van der Waals surface area contributed by atoms with Gasteiger partial charge >= 0.3 is 6.18 Å². The molecule has 4 rings (SSSR count). The predicted octanol–water partition coefficient (Wildman–Crippen LogP) is 5.50. The largest absolute Gasteiger partial charge is 0.416 e. The molecule has 0 unspecified atom stereocenters. The lowest BCUT2D eigenvalue weighted by Gasteiger charge is -2.32. The number of nitrogens with zero attached hydrogens (tertiary/aromatic N) is 3. The molecule has 4 nitrogen and oxygen atoms in total. The second-order valence-corrected chi connectivity index (χ2v) is 8.07. The van der Waals surface area contributed by atoms with Gasteiger partial charge in [0.1, 0.15) is 0 Å². The molecule has 1 amide bonds. The molecule has 0 spiro atoms. The van der Waals surface area contributed by atoms with Crippen LogP contribution in [0, 0.1) is 0 Å². The zero-order valence-electron chi connectivity index (χ0n) is 17.6. The van der Waals surface area contributed by atoms with Gasteiger partial charge in [-0.1, -0.05) is 42.5 Å². The van der Waals surface area contributed by atoms with E-state index in [1.807, 2.05) is 35.2 Å². The first-order chi connectivity index (χ1) is 15.4. The molecule has 1 aliphatic heterocycles. The number of aryl methyl sites for hydroxylation is 1. The second kappa shape index (κ2) is 9.51. The molecule has 32 heavy (non-hydrogen) atoms. The van der Waals surface area contributed by atoms with Gasteiger partial charge in [0.05, 0.1) is 23.1 Å². The topological polar surface area (TPSA) is 46.1 Å². The van der Waals surface area contributed by atoms with Crippen LogP contribution in [0.1, 0.15) is 42.0 Å². The van der Waals surface area contributed by atoms with E-state index in [9.17, 15) is 18.0 Å². The normalized spacial score (nSPS) is 16.7. The van der Waals surface area contributed by atoms with Crippen molar-refractivity contribution in [3.63, 3.8) is 0 Å². The first-order valence-electron chi connectivity index (χ1n) is 10.7. The van der Waals surface area contributed by atoms with Gasteiger partial charge in [0.15, 0.2) is 0 Å². The summed E-state index contributed by atoms with van der Waals surface area (Å²) >= 11 is 0. The summed E-state index contributed by atoms with van der Waals surface area (Å²) in [5.74, 6) is 0.128. The number of hydrogen-bond donors (Lipinski definition) is 0. The number of carbonyl (C=O) groups is 1. The van der Waals surface area contributed by atoms with Gasteiger partial charge in [-0.2, -0.15) is 13.2 Å². The fourth-order valence-corrected chi connectivity index (χ4v) is 4.07. The van der Waals surface area contributed by atoms with Crippen molar-refractivity contribution in [2.75, 3.05) is 13.1 Å². The van der Waals surface area contributed by atoms with Crippen LogP contribution in [0.15, 0.2) is 67.0 Å². The van der Waals surface area contributed by atoms with Crippen molar-refractivity contribution < 1.29 is 18.0 Å². The molecule has 2 heterocycles. The van der Waals surface area contributed by atoms with Gasteiger partial charge in [-0.05, 0) is 37.0 Å². The zero-order chi connectivity index (χ0) is 22.6. The lowest BCUT2D eigenvalue weighted by molar-refractivity contribution is -0.137. The van der Waals surface area contributed by atoms with E-state index in [1.54, 1.807) is 12.3 Å². The molecular weight excluding hydrogens is 415 g/mol. The Labute approximate surface area is 185 Å². The molecule has 1 aromatic heterocycles. The Morgan fingerprint density at radius 2 is 1.88 bits per heavy atom. The van der Waals surface area contributed by atoms with Crippen LogP contribution in [0.4, 0.5) is 13.2 Å². The third-order valence-corrected chi connectivity index (χ3v) is 5.80. The Hall–Kier alpha value is -3.22. The fourth-order valence-electron chi connectivity index (χ4n) is 4.07. The monoisotopic (exact) mass is 439 g/mol. The number of aromatic nitrogens is 2. The molecule has 1 fully saturated rings. The highest BCUT2D eigenvalue weighted by Gasteiger charge is 2.31. The highest BCUT2D eigenvalue weighted by molar-refractivity contribution is 5.76. The molecule has 0 saturated carbocycles. The quantitative estimate of drug-likeness (QED) is 0.527. The molecule has 1 aliphatic rings. The van der Waals surface area contributed by atoms with Crippen LogP contribution in [0.5, 0.6) is 0 Å². The molecule has 7 heteroatoms. The summed E-state index contributed by atoms with van der Waals surface area (Å²) < 4.78 is 39.2. The smallest absolute Gasteiger partial charge is 0.342 e.